The monoisotopic (exact) mass is 330 g/mol. The first-order chi connectivity index (χ1) is 11.0. The van der Waals surface area contributed by atoms with Crippen molar-refractivity contribution < 1.29 is 17.9 Å². The van der Waals surface area contributed by atoms with Gasteiger partial charge < -0.3 is 10.1 Å². The molecular formula is C17H25F3N2O. The molecule has 0 aromatic heterocycles. The molecule has 1 fully saturated rings. The lowest BCUT2D eigenvalue weighted by Crippen LogP contribution is -2.34. The Bertz CT molecular complexity index is 471. The lowest BCUT2D eigenvalue weighted by atomic mass is 9.93. The maximum absolute atomic E-state index is 12.3. The Hall–Kier alpha value is -1.27. The van der Waals surface area contributed by atoms with Crippen LogP contribution in [-0.2, 0) is 6.54 Å². The van der Waals surface area contributed by atoms with Crippen molar-refractivity contribution in [1.29, 1.82) is 0 Å². The summed E-state index contributed by atoms with van der Waals surface area (Å²) in [4.78, 5) is 2.30. The highest BCUT2D eigenvalue weighted by Crippen LogP contribution is 2.26. The largest absolute Gasteiger partial charge is 0.484 e. The van der Waals surface area contributed by atoms with Gasteiger partial charge in [-0.1, -0.05) is 18.2 Å². The lowest BCUT2D eigenvalue weighted by Gasteiger charge is -2.32. The van der Waals surface area contributed by atoms with Crippen LogP contribution in [0.3, 0.4) is 0 Å². The molecule has 0 unspecified atom stereocenters. The van der Waals surface area contributed by atoms with Gasteiger partial charge in [0, 0.05) is 12.1 Å². The third-order valence-corrected chi connectivity index (χ3v) is 4.27. The summed E-state index contributed by atoms with van der Waals surface area (Å²) in [5, 5.41) is 3.18. The summed E-state index contributed by atoms with van der Waals surface area (Å²) < 4.78 is 42.0. The van der Waals surface area contributed by atoms with Gasteiger partial charge in [-0.3, -0.25) is 4.90 Å². The molecule has 0 atom stereocenters. The minimum absolute atomic E-state index is 0.335. The first-order valence-electron chi connectivity index (χ1n) is 8.12. The Morgan fingerprint density at radius 2 is 1.91 bits per heavy atom. The van der Waals surface area contributed by atoms with Gasteiger partial charge in [-0.05, 0) is 57.9 Å². The Morgan fingerprint density at radius 3 is 2.57 bits per heavy atom. The van der Waals surface area contributed by atoms with Gasteiger partial charge in [0.25, 0.3) is 0 Å². The highest BCUT2D eigenvalue weighted by molar-refractivity contribution is 5.33. The van der Waals surface area contributed by atoms with Crippen LogP contribution in [0.2, 0.25) is 0 Å². The van der Waals surface area contributed by atoms with Crippen LogP contribution < -0.4 is 10.1 Å². The minimum atomic E-state index is -4.31. The average Bonchev–Trinajstić information content (AvgIpc) is 2.53. The second-order valence-corrected chi connectivity index (χ2v) is 6.12. The van der Waals surface area contributed by atoms with Crippen LogP contribution >= 0.6 is 0 Å². The summed E-state index contributed by atoms with van der Waals surface area (Å²) in [7, 11) is 1.97. The average molecular weight is 330 g/mol. The molecule has 0 amide bonds. The maximum atomic E-state index is 12.3. The number of rotatable bonds is 7. The molecule has 1 N–H and O–H groups in total. The molecule has 0 spiro atoms. The first kappa shape index (κ1) is 18.1. The molecular weight excluding hydrogens is 305 g/mol. The van der Waals surface area contributed by atoms with Gasteiger partial charge in [0.1, 0.15) is 5.75 Å². The predicted octanol–water partition coefficient (Wildman–Crippen LogP) is 3.45. The molecule has 6 heteroatoms. The number of nitrogens with one attached hydrogen (secondary N) is 1. The third kappa shape index (κ3) is 6.39. The zero-order valence-electron chi connectivity index (χ0n) is 13.5. The van der Waals surface area contributed by atoms with Crippen molar-refractivity contribution in [3.63, 3.8) is 0 Å². The SMILES string of the molecule is CNCCC1CCN(Cc2ccccc2OCC(F)(F)F)CC1. The maximum Gasteiger partial charge on any atom is 0.422 e. The van der Waals surface area contributed by atoms with Gasteiger partial charge in [-0.15, -0.1) is 0 Å². The van der Waals surface area contributed by atoms with Crippen molar-refractivity contribution in [3.8, 4) is 5.75 Å². The van der Waals surface area contributed by atoms with E-state index < -0.39 is 12.8 Å². The Kier molecular flexibility index (Phi) is 6.72. The molecule has 1 aromatic carbocycles. The summed E-state index contributed by atoms with van der Waals surface area (Å²) in [6, 6.07) is 7.01. The van der Waals surface area contributed by atoms with Gasteiger partial charge in [-0.2, -0.15) is 13.2 Å². The quantitative estimate of drug-likeness (QED) is 0.829. The number of para-hydroxylation sites is 1. The smallest absolute Gasteiger partial charge is 0.422 e. The van der Waals surface area contributed by atoms with E-state index >= 15 is 0 Å². The van der Waals surface area contributed by atoms with Gasteiger partial charge in [0.15, 0.2) is 6.61 Å². The Labute approximate surface area is 135 Å². The van der Waals surface area contributed by atoms with E-state index in [0.29, 0.717) is 12.3 Å². The first-order valence-corrected chi connectivity index (χ1v) is 8.12. The van der Waals surface area contributed by atoms with Crippen molar-refractivity contribution in [2.45, 2.75) is 32.0 Å². The molecule has 1 heterocycles. The number of alkyl halides is 3. The van der Waals surface area contributed by atoms with E-state index in [2.05, 4.69) is 10.2 Å². The molecule has 2 rings (SSSR count). The van der Waals surface area contributed by atoms with E-state index in [1.165, 1.54) is 6.42 Å². The van der Waals surface area contributed by atoms with E-state index in [-0.39, 0.29) is 0 Å². The number of benzene rings is 1. The number of hydrogen-bond donors (Lipinski definition) is 1. The van der Waals surface area contributed by atoms with E-state index in [4.69, 9.17) is 4.74 Å². The Balaban J connectivity index is 1.86. The van der Waals surface area contributed by atoms with Crippen LogP contribution in [0, 0.1) is 5.92 Å². The molecule has 130 valence electrons. The third-order valence-electron chi connectivity index (χ3n) is 4.27. The van der Waals surface area contributed by atoms with Gasteiger partial charge in [-0.25, -0.2) is 0 Å². The van der Waals surface area contributed by atoms with E-state index in [0.717, 1.165) is 44.0 Å². The Morgan fingerprint density at radius 1 is 1.22 bits per heavy atom. The molecule has 0 saturated carbocycles. The topological polar surface area (TPSA) is 24.5 Å². The fourth-order valence-corrected chi connectivity index (χ4v) is 2.96. The normalized spacial score (nSPS) is 17.4. The fourth-order valence-electron chi connectivity index (χ4n) is 2.96. The predicted molar refractivity (Wildman–Crippen MR) is 84.5 cm³/mol. The summed E-state index contributed by atoms with van der Waals surface area (Å²) in [5.41, 5.74) is 0.824. The molecule has 0 bridgehead atoms. The van der Waals surface area contributed by atoms with Crippen molar-refractivity contribution in [2.75, 3.05) is 33.3 Å². The van der Waals surface area contributed by atoms with Crippen LogP contribution in [0.5, 0.6) is 5.75 Å². The number of ether oxygens (including phenoxy) is 1. The van der Waals surface area contributed by atoms with E-state index in [1.54, 1.807) is 12.1 Å². The van der Waals surface area contributed by atoms with Gasteiger partial charge in [0.05, 0.1) is 0 Å². The molecule has 0 aliphatic carbocycles. The van der Waals surface area contributed by atoms with Crippen LogP contribution in [0.25, 0.3) is 0 Å². The van der Waals surface area contributed by atoms with Crippen LogP contribution in [0.1, 0.15) is 24.8 Å². The summed E-state index contributed by atoms with van der Waals surface area (Å²) in [5.74, 6) is 1.08. The molecule has 1 saturated heterocycles. The van der Waals surface area contributed by atoms with E-state index in [1.807, 2.05) is 19.2 Å². The van der Waals surface area contributed by atoms with Crippen molar-refractivity contribution in [3.05, 3.63) is 29.8 Å². The zero-order valence-corrected chi connectivity index (χ0v) is 13.5. The summed E-state index contributed by atoms with van der Waals surface area (Å²) in [6.07, 6.45) is -0.825. The molecule has 1 aliphatic heterocycles. The fraction of sp³-hybridized carbons (Fsp3) is 0.647. The molecule has 1 aliphatic rings. The number of nitrogens with zero attached hydrogens (tertiary/aromatic N) is 1. The molecule has 23 heavy (non-hydrogen) atoms. The van der Waals surface area contributed by atoms with Gasteiger partial charge >= 0.3 is 6.18 Å². The second-order valence-electron chi connectivity index (χ2n) is 6.12. The zero-order chi connectivity index (χ0) is 16.7. The highest BCUT2D eigenvalue weighted by Gasteiger charge is 2.29. The summed E-state index contributed by atoms with van der Waals surface area (Å²) >= 11 is 0. The second kappa shape index (κ2) is 8.55. The summed E-state index contributed by atoms with van der Waals surface area (Å²) in [6.45, 7) is 2.42. The van der Waals surface area contributed by atoms with Crippen LogP contribution in [-0.4, -0.2) is 44.4 Å². The number of piperidine rings is 1. The number of halogens is 3. The van der Waals surface area contributed by atoms with Gasteiger partial charge in [0.2, 0.25) is 0 Å². The van der Waals surface area contributed by atoms with Crippen molar-refractivity contribution in [2.24, 2.45) is 5.92 Å². The van der Waals surface area contributed by atoms with Crippen molar-refractivity contribution >= 4 is 0 Å². The lowest BCUT2D eigenvalue weighted by molar-refractivity contribution is -0.153. The molecule has 0 radical (unpaired) electrons. The molecule has 3 nitrogen and oxygen atoms in total. The van der Waals surface area contributed by atoms with E-state index in [9.17, 15) is 13.2 Å². The standard InChI is InChI=1S/C17H25F3N2O/c1-21-9-6-14-7-10-22(11-8-14)12-15-4-2-3-5-16(15)23-13-17(18,19)20/h2-5,14,21H,6-13H2,1H3. The van der Waals surface area contributed by atoms with Crippen LogP contribution in [0.4, 0.5) is 13.2 Å². The molecule has 1 aromatic rings. The van der Waals surface area contributed by atoms with Crippen LogP contribution in [0.15, 0.2) is 24.3 Å². The highest BCUT2D eigenvalue weighted by atomic mass is 19.4. The number of hydrogen-bond acceptors (Lipinski definition) is 3. The number of likely N-dealkylation sites (tertiary alicyclic amines) is 1. The minimum Gasteiger partial charge on any atom is -0.484 e. The van der Waals surface area contributed by atoms with Crippen molar-refractivity contribution in [1.82, 2.24) is 10.2 Å².